The molecule has 1 aromatic rings. The zero-order valence-electron chi connectivity index (χ0n) is 11.8. The van der Waals surface area contributed by atoms with Gasteiger partial charge in [-0.1, -0.05) is 18.2 Å². The number of carbonyl (C=O) groups excluding carboxylic acids is 1. The number of ketones is 1. The van der Waals surface area contributed by atoms with Gasteiger partial charge >= 0.3 is 5.97 Å². The van der Waals surface area contributed by atoms with E-state index in [1.807, 2.05) is 0 Å². The summed E-state index contributed by atoms with van der Waals surface area (Å²) in [5, 5.41) is 8.37. The average molecular weight is 321 g/mol. The monoisotopic (exact) mass is 321 g/mol. The molecule has 1 saturated heterocycles. The Morgan fingerprint density at radius 1 is 1.27 bits per heavy atom. The summed E-state index contributed by atoms with van der Waals surface area (Å²) in [7, 11) is -2.11. The number of carboxylic acid groups (broad SMARTS) is 1. The number of hydrogen-bond acceptors (Lipinski definition) is 5. The average Bonchev–Trinajstić information content (AvgIpc) is 2.73. The normalized spacial score (nSPS) is 28.5. The number of aliphatic carboxylic acids is 1. The lowest BCUT2D eigenvalue weighted by atomic mass is 10.0. The van der Waals surface area contributed by atoms with E-state index in [9.17, 15) is 23.1 Å². The number of carbonyl (C=O) groups is 2. The molecule has 6 nitrogen and oxygen atoms in total. The number of fused-ring (bicyclic) bond motifs is 2. The van der Waals surface area contributed by atoms with Gasteiger partial charge in [-0.25, -0.2) is 13.2 Å². The smallest absolute Gasteiger partial charge is 0.333 e. The summed E-state index contributed by atoms with van der Waals surface area (Å²) in [5.74, 6) is -1.60. The Kier molecular flexibility index (Phi) is 3.41. The van der Waals surface area contributed by atoms with E-state index in [2.05, 4.69) is 0 Å². The molecule has 0 saturated carbocycles. The van der Waals surface area contributed by atoms with E-state index in [0.717, 1.165) is 6.08 Å². The van der Waals surface area contributed by atoms with Crippen molar-refractivity contribution in [2.75, 3.05) is 7.05 Å². The third-order valence-electron chi connectivity index (χ3n) is 4.40. The summed E-state index contributed by atoms with van der Waals surface area (Å²) >= 11 is 0. The largest absolute Gasteiger partial charge is 0.478 e. The van der Waals surface area contributed by atoms with Crippen LogP contribution < -0.4 is 0 Å². The lowest BCUT2D eigenvalue weighted by Gasteiger charge is -2.30. The molecule has 3 atom stereocenters. The fraction of sp³-hybridized carbons (Fsp3) is 0.333. The second kappa shape index (κ2) is 5.03. The van der Waals surface area contributed by atoms with Crippen LogP contribution in [0.5, 0.6) is 0 Å². The van der Waals surface area contributed by atoms with Crippen molar-refractivity contribution in [2.45, 2.75) is 28.6 Å². The van der Waals surface area contributed by atoms with Crippen LogP contribution in [0.25, 0.3) is 0 Å². The van der Waals surface area contributed by atoms with Crippen LogP contribution in [0.4, 0.5) is 0 Å². The number of rotatable bonds is 3. The summed E-state index contributed by atoms with van der Waals surface area (Å²) in [6, 6.07) is 6.56. The van der Waals surface area contributed by atoms with E-state index in [1.165, 1.54) is 12.1 Å². The van der Waals surface area contributed by atoms with Gasteiger partial charge in [0.1, 0.15) is 0 Å². The summed E-state index contributed by atoms with van der Waals surface area (Å²) in [6.07, 6.45) is 1.20. The van der Waals surface area contributed by atoms with E-state index in [-0.39, 0.29) is 22.7 Å². The molecule has 0 aliphatic carbocycles. The fourth-order valence-electron chi connectivity index (χ4n) is 3.31. The zero-order valence-corrected chi connectivity index (χ0v) is 12.7. The van der Waals surface area contributed by atoms with E-state index < -0.39 is 33.1 Å². The SMILES string of the molecule is CN1[C@@H]2C[C@H](S(=O)(=O)c3ccccc3)[C@H]1C(C(=O)O)=CC2=O. The first-order valence-corrected chi connectivity index (χ1v) is 8.38. The van der Waals surface area contributed by atoms with Crippen molar-refractivity contribution < 1.29 is 23.1 Å². The molecule has 1 fully saturated rings. The van der Waals surface area contributed by atoms with Gasteiger partial charge < -0.3 is 5.11 Å². The number of benzene rings is 1. The Hall–Kier alpha value is -1.99. The van der Waals surface area contributed by atoms with Crippen molar-refractivity contribution in [3.63, 3.8) is 0 Å². The molecule has 0 amide bonds. The van der Waals surface area contributed by atoms with Crippen molar-refractivity contribution in [1.29, 1.82) is 0 Å². The molecule has 0 radical (unpaired) electrons. The molecule has 1 aromatic carbocycles. The van der Waals surface area contributed by atoms with Gasteiger partial charge in [-0.2, -0.15) is 0 Å². The molecule has 116 valence electrons. The Bertz CT molecular complexity index is 768. The minimum atomic E-state index is -3.71. The van der Waals surface area contributed by atoms with Crippen molar-refractivity contribution in [2.24, 2.45) is 0 Å². The molecular formula is C15H15NO5S. The highest BCUT2D eigenvalue weighted by atomic mass is 32.2. The maximum atomic E-state index is 12.8. The van der Waals surface area contributed by atoms with Crippen LogP contribution in [-0.4, -0.2) is 54.6 Å². The maximum Gasteiger partial charge on any atom is 0.333 e. The van der Waals surface area contributed by atoms with Gasteiger partial charge in [-0.15, -0.1) is 0 Å². The topological polar surface area (TPSA) is 91.8 Å². The highest BCUT2D eigenvalue weighted by Crippen LogP contribution is 2.39. The summed E-state index contributed by atoms with van der Waals surface area (Å²) in [4.78, 5) is 25.1. The first kappa shape index (κ1) is 14.9. The van der Waals surface area contributed by atoms with Gasteiger partial charge in [0.25, 0.3) is 0 Å². The van der Waals surface area contributed by atoms with Gasteiger partial charge in [0.05, 0.1) is 27.8 Å². The number of nitrogens with zero attached hydrogens (tertiary/aromatic N) is 1. The summed E-state index contributed by atoms with van der Waals surface area (Å²) in [6.45, 7) is 0. The third kappa shape index (κ3) is 2.08. The highest BCUT2D eigenvalue weighted by molar-refractivity contribution is 7.92. The summed E-state index contributed by atoms with van der Waals surface area (Å²) in [5.41, 5.74) is -0.147. The molecule has 2 aliphatic heterocycles. The van der Waals surface area contributed by atoms with Gasteiger partial charge in [0.2, 0.25) is 0 Å². The molecule has 2 aliphatic rings. The van der Waals surface area contributed by atoms with Crippen LogP contribution in [0.3, 0.4) is 0 Å². The maximum absolute atomic E-state index is 12.8. The van der Waals surface area contributed by atoms with E-state index in [0.29, 0.717) is 0 Å². The molecule has 2 heterocycles. The third-order valence-corrected chi connectivity index (χ3v) is 6.58. The van der Waals surface area contributed by atoms with Crippen LogP contribution in [-0.2, 0) is 19.4 Å². The second-order valence-electron chi connectivity index (χ2n) is 5.57. The van der Waals surface area contributed by atoms with E-state index in [4.69, 9.17) is 0 Å². The lowest BCUT2D eigenvalue weighted by molar-refractivity contribution is -0.134. The minimum absolute atomic E-state index is 0.116. The predicted molar refractivity (Wildman–Crippen MR) is 78.1 cm³/mol. The van der Waals surface area contributed by atoms with Crippen LogP contribution >= 0.6 is 0 Å². The van der Waals surface area contributed by atoms with Gasteiger partial charge in [-0.05, 0) is 31.7 Å². The van der Waals surface area contributed by atoms with E-state index in [1.54, 1.807) is 30.1 Å². The first-order valence-electron chi connectivity index (χ1n) is 6.83. The molecule has 0 aromatic heterocycles. The Morgan fingerprint density at radius 3 is 2.50 bits per heavy atom. The molecule has 7 heteroatoms. The molecule has 0 spiro atoms. The Labute approximate surface area is 128 Å². The summed E-state index contributed by atoms with van der Waals surface area (Å²) < 4.78 is 25.7. The van der Waals surface area contributed by atoms with Crippen molar-refractivity contribution in [1.82, 2.24) is 4.90 Å². The molecular weight excluding hydrogens is 306 g/mol. The van der Waals surface area contributed by atoms with Crippen LogP contribution in [0.15, 0.2) is 46.9 Å². The van der Waals surface area contributed by atoms with E-state index >= 15 is 0 Å². The number of carboxylic acids is 1. The van der Waals surface area contributed by atoms with Crippen molar-refractivity contribution in [3.8, 4) is 0 Å². The Balaban J connectivity index is 2.09. The minimum Gasteiger partial charge on any atom is -0.478 e. The van der Waals surface area contributed by atoms with Gasteiger partial charge in [0.15, 0.2) is 15.6 Å². The number of likely N-dealkylation sites (N-methyl/N-ethyl adjacent to an activating group) is 1. The number of sulfone groups is 1. The van der Waals surface area contributed by atoms with Crippen LogP contribution in [0, 0.1) is 0 Å². The standard InChI is InChI=1S/C15H15NO5S/c1-16-11-8-13(14(16)10(15(18)19)7-12(11)17)22(20,21)9-5-3-2-4-6-9/h2-7,11,13-14H,8H2,1H3,(H,18,19)/t11-,13+,14-/m1/s1. The van der Waals surface area contributed by atoms with Crippen LogP contribution in [0.1, 0.15) is 6.42 Å². The predicted octanol–water partition coefficient (Wildman–Crippen LogP) is 0.495. The lowest BCUT2D eigenvalue weighted by Crippen LogP contribution is -2.46. The quantitative estimate of drug-likeness (QED) is 0.871. The van der Waals surface area contributed by atoms with Gasteiger partial charge in [-0.3, -0.25) is 9.69 Å². The highest BCUT2D eigenvalue weighted by Gasteiger charge is 2.53. The second-order valence-corrected chi connectivity index (χ2v) is 7.73. The molecule has 1 N–H and O–H groups in total. The number of hydrogen-bond donors (Lipinski definition) is 1. The zero-order chi connectivity index (χ0) is 16.1. The van der Waals surface area contributed by atoms with Crippen LogP contribution in [0.2, 0.25) is 0 Å². The fourth-order valence-corrected chi connectivity index (χ4v) is 5.31. The van der Waals surface area contributed by atoms with Gasteiger partial charge in [0, 0.05) is 0 Å². The molecule has 0 unspecified atom stereocenters. The first-order chi connectivity index (χ1) is 10.3. The molecule has 3 rings (SSSR count). The van der Waals surface area contributed by atoms with Crippen molar-refractivity contribution >= 4 is 21.6 Å². The molecule has 22 heavy (non-hydrogen) atoms. The molecule has 2 bridgehead atoms. The van der Waals surface area contributed by atoms with Crippen molar-refractivity contribution in [3.05, 3.63) is 42.0 Å². The Morgan fingerprint density at radius 2 is 1.91 bits per heavy atom.